The molecule has 89 heavy (non-hydrogen) atoms. The Bertz CT molecular complexity index is 2980. The van der Waals surface area contributed by atoms with Crippen LogP contribution >= 0.6 is 0 Å². The molecule has 3 aromatic carbocycles. The number of esters is 1. The third kappa shape index (κ3) is 17.8. The second-order valence-corrected chi connectivity index (χ2v) is 26.1. The zero-order valence-electron chi connectivity index (χ0n) is 55.4. The van der Waals surface area contributed by atoms with E-state index in [0.29, 0.717) is 36.0 Å². The van der Waals surface area contributed by atoms with E-state index in [-0.39, 0.29) is 44.1 Å². The van der Waals surface area contributed by atoms with Gasteiger partial charge in [-0.2, -0.15) is 0 Å². The van der Waals surface area contributed by atoms with Crippen LogP contribution in [-0.2, 0) is 60.7 Å². The summed E-state index contributed by atoms with van der Waals surface area (Å²) in [6, 6.07) is 12.9. The first-order valence-electron chi connectivity index (χ1n) is 31.5. The number of hydrogen-bond acceptors (Lipinski definition) is 12. The average Bonchev–Trinajstić information content (AvgIpc) is 2.09. The van der Waals surface area contributed by atoms with Gasteiger partial charge in [0.1, 0.15) is 42.3 Å². The van der Waals surface area contributed by atoms with Crippen LogP contribution in [-0.4, -0.2) is 191 Å². The van der Waals surface area contributed by atoms with Crippen LogP contribution in [0, 0.1) is 29.6 Å². The van der Waals surface area contributed by atoms with Crippen LogP contribution in [0.2, 0.25) is 0 Å². The Kier molecular flexibility index (Phi) is 25.6. The standard InChI is InChI=1S/C68H99N9O12/c1-18-42(9)53-65(85)74(15)54(40(5)6)60(80)70-49(35-39(3)4)63(83)76(17)57(68(11,12)88)67(87)89-56(43(10)19-2)66(86)75(16)55(41(7)8)61(81)71-50(37-44-25-21-20-22-26-44)62(82)73(14)52(64(84)77-34-24-29-51(77)59(79)72-53)38-45-27-23-28-48(36-45)46-30-32-47(33-31-46)58(78)69-13/h20-23,25-28,30-33,36,39-43,49-57,88H,18-19,24,29,34-35,37-38H2,1-17H3,(H,69,78)(H,70,80)(H,71,81)(H,72,79)/t42-,43-,49-,50-,51-,52-,53-,54-,55-,56+,57+/m0/s1. The van der Waals surface area contributed by atoms with Gasteiger partial charge in [0, 0.05) is 66.1 Å². The minimum absolute atomic E-state index is 0.0522. The van der Waals surface area contributed by atoms with E-state index in [2.05, 4.69) is 21.3 Å². The molecule has 9 amide bonds. The summed E-state index contributed by atoms with van der Waals surface area (Å²) in [6.45, 7) is 20.5. The van der Waals surface area contributed by atoms with Crippen LogP contribution in [0.1, 0.15) is 137 Å². The van der Waals surface area contributed by atoms with Crippen molar-refractivity contribution in [2.45, 2.75) is 188 Å². The normalized spacial score (nSPS) is 24.8. The summed E-state index contributed by atoms with van der Waals surface area (Å²) in [5, 5.41) is 23.2. The molecule has 5 N–H and O–H groups in total. The molecule has 488 valence electrons. The average molecular weight is 1230 g/mol. The maximum Gasteiger partial charge on any atom is 0.332 e. The molecule has 0 radical (unpaired) electrons. The quantitative estimate of drug-likeness (QED) is 0.120. The molecule has 5 rings (SSSR count). The van der Waals surface area contributed by atoms with E-state index >= 15 is 24.0 Å². The summed E-state index contributed by atoms with van der Waals surface area (Å²) >= 11 is 0. The molecule has 0 unspecified atom stereocenters. The monoisotopic (exact) mass is 1230 g/mol. The van der Waals surface area contributed by atoms with Gasteiger partial charge in [-0.05, 0) is 97.6 Å². The van der Waals surface area contributed by atoms with Gasteiger partial charge in [0.25, 0.3) is 11.8 Å². The molecule has 2 heterocycles. The number of carbonyl (C=O) groups is 10. The fourth-order valence-electron chi connectivity index (χ4n) is 12.2. The molecular weight excluding hydrogens is 1130 g/mol. The van der Waals surface area contributed by atoms with Crippen molar-refractivity contribution in [2.75, 3.05) is 41.8 Å². The first kappa shape index (κ1) is 72.1. The van der Waals surface area contributed by atoms with Gasteiger partial charge in [0.2, 0.25) is 41.4 Å². The fourth-order valence-corrected chi connectivity index (χ4v) is 12.2. The molecule has 0 spiro atoms. The van der Waals surface area contributed by atoms with Gasteiger partial charge >= 0.3 is 5.97 Å². The van der Waals surface area contributed by atoms with Gasteiger partial charge in [0.15, 0.2) is 12.1 Å². The number of nitrogens with zero attached hydrogens (tertiary/aromatic N) is 5. The fraction of sp³-hybridized carbons (Fsp3) is 0.588. The lowest BCUT2D eigenvalue weighted by Crippen LogP contribution is -2.63. The second-order valence-electron chi connectivity index (χ2n) is 26.1. The molecular formula is C68H99N9O12. The Morgan fingerprint density at radius 1 is 0.618 bits per heavy atom. The molecule has 0 bridgehead atoms. The lowest BCUT2D eigenvalue weighted by molar-refractivity contribution is -0.177. The van der Waals surface area contributed by atoms with Crippen LogP contribution < -0.4 is 21.3 Å². The Hall–Kier alpha value is -7.68. The lowest BCUT2D eigenvalue weighted by atomic mass is 9.93. The summed E-state index contributed by atoms with van der Waals surface area (Å²) < 4.78 is 6.13. The van der Waals surface area contributed by atoms with E-state index in [1.807, 2.05) is 63.2 Å². The zero-order valence-corrected chi connectivity index (χ0v) is 55.4. The molecule has 2 saturated heterocycles. The van der Waals surface area contributed by atoms with Crippen molar-refractivity contribution >= 4 is 59.1 Å². The number of ether oxygens (including phenoxy) is 1. The Labute approximate surface area is 526 Å². The second kappa shape index (κ2) is 31.7. The van der Waals surface area contributed by atoms with Crippen LogP contribution in [0.15, 0.2) is 78.9 Å². The minimum Gasteiger partial charge on any atom is -0.450 e. The number of cyclic esters (lactones) is 1. The molecule has 0 aromatic heterocycles. The number of benzene rings is 3. The highest BCUT2D eigenvalue weighted by atomic mass is 16.6. The lowest BCUT2D eigenvalue weighted by Gasteiger charge is -2.39. The highest BCUT2D eigenvalue weighted by molar-refractivity contribution is 5.99. The molecule has 0 aliphatic carbocycles. The van der Waals surface area contributed by atoms with Gasteiger partial charge in [0.05, 0.1) is 5.60 Å². The van der Waals surface area contributed by atoms with Crippen molar-refractivity contribution in [1.82, 2.24) is 45.8 Å². The smallest absolute Gasteiger partial charge is 0.332 e. The summed E-state index contributed by atoms with van der Waals surface area (Å²) in [7, 11) is 7.18. The maximum absolute atomic E-state index is 15.7. The molecule has 11 atom stereocenters. The third-order valence-corrected chi connectivity index (χ3v) is 17.6. The number of likely N-dealkylation sites (N-methyl/N-ethyl adjacent to an activating group) is 4. The molecule has 2 aliphatic rings. The van der Waals surface area contributed by atoms with E-state index in [4.69, 9.17) is 4.74 Å². The van der Waals surface area contributed by atoms with E-state index in [9.17, 15) is 29.1 Å². The molecule has 2 fully saturated rings. The maximum atomic E-state index is 15.7. The number of carbonyl (C=O) groups excluding carboxylic acids is 10. The number of nitrogens with one attached hydrogen (secondary N) is 4. The topological polar surface area (TPSA) is 264 Å². The number of hydrogen-bond donors (Lipinski definition) is 5. The summed E-state index contributed by atoms with van der Waals surface area (Å²) in [4.78, 5) is 155. The molecule has 2 aliphatic heterocycles. The van der Waals surface area contributed by atoms with Gasteiger partial charge in [-0.1, -0.05) is 142 Å². The Morgan fingerprint density at radius 2 is 1.17 bits per heavy atom. The van der Waals surface area contributed by atoms with Crippen molar-refractivity contribution in [1.29, 1.82) is 0 Å². The van der Waals surface area contributed by atoms with Gasteiger partial charge in [-0.25, -0.2) is 4.79 Å². The predicted molar refractivity (Wildman–Crippen MR) is 340 cm³/mol. The van der Waals surface area contributed by atoms with E-state index < -0.39 is 137 Å². The number of aliphatic hydroxyl groups is 1. The first-order valence-corrected chi connectivity index (χ1v) is 31.5. The SMILES string of the molecule is CC[C@H](C)[C@@H]1NC(=O)[C@@H]2CCCN2C(=O)[C@H](Cc2cccc(-c3ccc(C(=O)NC)cc3)c2)N(C)C(=O)[C@H](Cc2ccccc2)NC(=O)[C@H](C(C)C)N(C)C(=O)[C@@H]([C@@H](C)CC)OC(=O)[C@H](C(C)(C)O)N(C)C(=O)[C@H](CC(C)C)NC(=O)[C@H](C(C)C)N(C)C1=O. The van der Waals surface area contributed by atoms with Crippen molar-refractivity contribution in [3.05, 3.63) is 95.6 Å². The Morgan fingerprint density at radius 3 is 1.71 bits per heavy atom. The molecule has 0 saturated carbocycles. The van der Waals surface area contributed by atoms with E-state index in [0.717, 1.165) is 16.0 Å². The highest BCUT2D eigenvalue weighted by Gasteiger charge is 2.48. The van der Waals surface area contributed by atoms with Gasteiger partial charge < -0.3 is 55.6 Å². The largest absolute Gasteiger partial charge is 0.450 e. The van der Waals surface area contributed by atoms with Gasteiger partial charge in [-0.15, -0.1) is 0 Å². The Balaban J connectivity index is 1.73. The van der Waals surface area contributed by atoms with E-state index in [1.54, 1.807) is 91.9 Å². The molecule has 3 aromatic rings. The summed E-state index contributed by atoms with van der Waals surface area (Å²) in [5.41, 5.74) is 1.30. The highest BCUT2D eigenvalue weighted by Crippen LogP contribution is 2.29. The number of rotatable bonds is 15. The first-order chi connectivity index (χ1) is 41.8. The van der Waals surface area contributed by atoms with Crippen LogP contribution in [0.5, 0.6) is 0 Å². The van der Waals surface area contributed by atoms with Crippen molar-refractivity contribution in [3.63, 3.8) is 0 Å². The minimum atomic E-state index is -1.99. The van der Waals surface area contributed by atoms with Crippen LogP contribution in [0.25, 0.3) is 11.1 Å². The number of fused-ring (bicyclic) bond motifs is 1. The molecule has 21 heteroatoms. The van der Waals surface area contributed by atoms with Crippen LogP contribution in [0.3, 0.4) is 0 Å². The predicted octanol–water partition coefficient (Wildman–Crippen LogP) is 5.40. The van der Waals surface area contributed by atoms with Crippen molar-refractivity contribution in [2.24, 2.45) is 29.6 Å². The number of amides is 9. The van der Waals surface area contributed by atoms with Crippen LogP contribution in [0.4, 0.5) is 0 Å². The summed E-state index contributed by atoms with van der Waals surface area (Å²) in [6.07, 6.45) is -0.238. The third-order valence-electron chi connectivity index (χ3n) is 17.6. The van der Waals surface area contributed by atoms with Crippen molar-refractivity contribution in [3.8, 4) is 11.1 Å². The zero-order chi connectivity index (χ0) is 66.5. The van der Waals surface area contributed by atoms with Crippen molar-refractivity contribution < 1.29 is 57.8 Å². The van der Waals surface area contributed by atoms with Gasteiger partial charge in [-0.3, -0.25) is 43.2 Å². The van der Waals surface area contributed by atoms with E-state index in [1.165, 1.54) is 61.6 Å². The summed E-state index contributed by atoms with van der Waals surface area (Å²) in [5.74, 6) is -9.31. The molecule has 21 nitrogen and oxygen atoms in total.